The highest BCUT2D eigenvalue weighted by molar-refractivity contribution is 5.81. The molecule has 0 radical (unpaired) electrons. The van der Waals surface area contributed by atoms with Gasteiger partial charge in [-0.2, -0.15) is 0 Å². The molecule has 112 valence electrons. The lowest BCUT2D eigenvalue weighted by atomic mass is 10.1. The number of rotatable bonds is 5. The molecule has 0 rings (SSSR count). The summed E-state index contributed by atoms with van der Waals surface area (Å²) in [5, 5.41) is 2.41. The summed E-state index contributed by atoms with van der Waals surface area (Å²) in [6.07, 6.45) is -0.650. The van der Waals surface area contributed by atoms with Crippen molar-refractivity contribution in [1.82, 2.24) is 5.32 Å². The summed E-state index contributed by atoms with van der Waals surface area (Å²) in [5.41, 5.74) is -1.16. The van der Waals surface area contributed by atoms with E-state index in [1.54, 1.807) is 34.6 Å². The molecule has 0 spiro atoms. The van der Waals surface area contributed by atoms with Crippen molar-refractivity contribution in [2.24, 2.45) is 0 Å². The molecule has 1 amide bonds. The SMILES string of the molecule is COC(C)(C)COC(=O)C(C)NC(=O)OC(C)(C)C. The molecule has 1 N–H and O–H groups in total. The predicted molar refractivity (Wildman–Crippen MR) is 70.9 cm³/mol. The summed E-state index contributed by atoms with van der Waals surface area (Å²) in [6.45, 7) is 10.5. The molecule has 6 heteroatoms. The maximum absolute atomic E-state index is 11.7. The van der Waals surface area contributed by atoms with Gasteiger partial charge in [-0.15, -0.1) is 0 Å². The average molecular weight is 275 g/mol. The van der Waals surface area contributed by atoms with Crippen LogP contribution in [0.3, 0.4) is 0 Å². The van der Waals surface area contributed by atoms with Crippen LogP contribution in [0.5, 0.6) is 0 Å². The average Bonchev–Trinajstić information content (AvgIpc) is 2.23. The first-order chi connectivity index (χ1) is 8.47. The smallest absolute Gasteiger partial charge is 0.408 e. The van der Waals surface area contributed by atoms with E-state index in [9.17, 15) is 9.59 Å². The molecule has 0 saturated heterocycles. The molecular weight excluding hydrogens is 250 g/mol. The van der Waals surface area contributed by atoms with Crippen molar-refractivity contribution >= 4 is 12.1 Å². The highest BCUT2D eigenvalue weighted by Crippen LogP contribution is 2.09. The summed E-state index contributed by atoms with van der Waals surface area (Å²) >= 11 is 0. The molecule has 0 saturated carbocycles. The Morgan fingerprint density at radius 2 is 1.68 bits per heavy atom. The predicted octanol–water partition coefficient (Wildman–Crippen LogP) is 1.87. The molecule has 0 aliphatic carbocycles. The zero-order chi connectivity index (χ0) is 15.3. The molecule has 19 heavy (non-hydrogen) atoms. The molecule has 6 nitrogen and oxygen atoms in total. The molecule has 0 aliphatic rings. The molecule has 0 aromatic carbocycles. The standard InChI is InChI=1S/C13H25NO5/c1-9(14-11(16)19-12(2,3)4)10(15)18-8-13(5,6)17-7/h9H,8H2,1-7H3,(H,14,16). The third-order valence-electron chi connectivity index (χ3n) is 2.20. The first-order valence-electron chi connectivity index (χ1n) is 6.18. The molecule has 0 bridgehead atoms. The van der Waals surface area contributed by atoms with E-state index >= 15 is 0 Å². The Balaban J connectivity index is 4.18. The minimum atomic E-state index is -0.775. The molecule has 0 aliphatic heterocycles. The van der Waals surface area contributed by atoms with Gasteiger partial charge >= 0.3 is 12.1 Å². The zero-order valence-corrected chi connectivity index (χ0v) is 12.8. The van der Waals surface area contributed by atoms with Crippen LogP contribution in [0.4, 0.5) is 4.79 Å². The molecular formula is C13H25NO5. The molecule has 0 aromatic heterocycles. The second-order valence-corrected chi connectivity index (χ2v) is 5.94. The number of esters is 1. The number of alkyl carbamates (subject to hydrolysis) is 1. The van der Waals surface area contributed by atoms with Gasteiger partial charge in [-0.3, -0.25) is 0 Å². The third kappa shape index (κ3) is 8.42. The number of hydrogen-bond acceptors (Lipinski definition) is 5. The fourth-order valence-electron chi connectivity index (χ4n) is 0.972. The van der Waals surface area contributed by atoms with Crippen molar-refractivity contribution in [3.63, 3.8) is 0 Å². The van der Waals surface area contributed by atoms with Crippen LogP contribution in [0, 0.1) is 0 Å². The number of methoxy groups -OCH3 is 1. The van der Waals surface area contributed by atoms with Gasteiger partial charge in [0.05, 0.1) is 5.60 Å². The summed E-state index contributed by atoms with van der Waals surface area (Å²) in [6, 6.07) is -0.775. The lowest BCUT2D eigenvalue weighted by Crippen LogP contribution is -2.43. The number of nitrogens with one attached hydrogen (secondary N) is 1. The quantitative estimate of drug-likeness (QED) is 0.775. The van der Waals surface area contributed by atoms with Crippen LogP contribution in [0.2, 0.25) is 0 Å². The highest BCUT2D eigenvalue weighted by Gasteiger charge is 2.24. The topological polar surface area (TPSA) is 73.9 Å². The van der Waals surface area contributed by atoms with Gasteiger partial charge in [-0.05, 0) is 41.5 Å². The van der Waals surface area contributed by atoms with Gasteiger partial charge in [0.2, 0.25) is 0 Å². The van der Waals surface area contributed by atoms with Crippen molar-refractivity contribution in [3.8, 4) is 0 Å². The Labute approximate surface area is 114 Å². The van der Waals surface area contributed by atoms with Gasteiger partial charge in [0, 0.05) is 7.11 Å². The Morgan fingerprint density at radius 3 is 2.11 bits per heavy atom. The maximum Gasteiger partial charge on any atom is 0.408 e. The Bertz CT molecular complexity index is 319. The van der Waals surface area contributed by atoms with Crippen LogP contribution in [-0.4, -0.2) is 43.0 Å². The molecule has 0 aromatic rings. The normalized spacial score (nSPS) is 13.6. The van der Waals surface area contributed by atoms with E-state index in [1.165, 1.54) is 14.0 Å². The second kappa shape index (κ2) is 6.75. The van der Waals surface area contributed by atoms with Crippen LogP contribution in [0.15, 0.2) is 0 Å². The maximum atomic E-state index is 11.7. The van der Waals surface area contributed by atoms with Gasteiger partial charge in [-0.1, -0.05) is 0 Å². The summed E-state index contributed by atoms with van der Waals surface area (Å²) < 4.78 is 15.2. The van der Waals surface area contributed by atoms with Gasteiger partial charge in [0.15, 0.2) is 0 Å². The van der Waals surface area contributed by atoms with E-state index in [4.69, 9.17) is 14.2 Å². The molecule has 1 atom stereocenters. The van der Waals surface area contributed by atoms with Crippen molar-refractivity contribution < 1.29 is 23.8 Å². The second-order valence-electron chi connectivity index (χ2n) is 5.94. The number of ether oxygens (including phenoxy) is 3. The first kappa shape index (κ1) is 17.7. The lowest BCUT2D eigenvalue weighted by Gasteiger charge is -2.24. The van der Waals surface area contributed by atoms with Gasteiger partial charge in [0.25, 0.3) is 0 Å². The largest absolute Gasteiger partial charge is 0.461 e. The number of carbonyl (C=O) groups is 2. The van der Waals surface area contributed by atoms with E-state index in [-0.39, 0.29) is 6.61 Å². The number of carbonyl (C=O) groups excluding carboxylic acids is 2. The van der Waals surface area contributed by atoms with E-state index in [1.807, 2.05) is 0 Å². The minimum Gasteiger partial charge on any atom is -0.461 e. The molecule has 0 fully saturated rings. The summed E-state index contributed by atoms with van der Waals surface area (Å²) in [7, 11) is 1.54. The number of hydrogen-bond donors (Lipinski definition) is 1. The van der Waals surface area contributed by atoms with E-state index in [0.29, 0.717) is 0 Å². The molecule has 0 heterocycles. The fraction of sp³-hybridized carbons (Fsp3) is 0.846. The zero-order valence-electron chi connectivity index (χ0n) is 12.8. The Hall–Kier alpha value is -1.30. The summed E-state index contributed by atoms with van der Waals surface area (Å²) in [4.78, 5) is 23.1. The van der Waals surface area contributed by atoms with Crippen LogP contribution in [-0.2, 0) is 19.0 Å². The monoisotopic (exact) mass is 275 g/mol. The van der Waals surface area contributed by atoms with E-state index in [2.05, 4.69) is 5.32 Å². The Kier molecular flexibility index (Phi) is 6.29. The summed E-state index contributed by atoms with van der Waals surface area (Å²) in [5.74, 6) is -0.531. The van der Waals surface area contributed by atoms with Gasteiger partial charge in [-0.25, -0.2) is 9.59 Å². The van der Waals surface area contributed by atoms with Gasteiger partial charge < -0.3 is 19.5 Å². The first-order valence-corrected chi connectivity index (χ1v) is 6.18. The van der Waals surface area contributed by atoms with Gasteiger partial charge in [0.1, 0.15) is 18.2 Å². The van der Waals surface area contributed by atoms with E-state index < -0.39 is 29.3 Å². The van der Waals surface area contributed by atoms with Crippen molar-refractivity contribution in [3.05, 3.63) is 0 Å². The molecule has 1 unspecified atom stereocenters. The Morgan fingerprint density at radius 1 is 1.16 bits per heavy atom. The van der Waals surface area contributed by atoms with Crippen LogP contribution in [0.25, 0.3) is 0 Å². The van der Waals surface area contributed by atoms with Crippen molar-refractivity contribution in [2.45, 2.75) is 58.8 Å². The van der Waals surface area contributed by atoms with Crippen LogP contribution >= 0.6 is 0 Å². The van der Waals surface area contributed by atoms with Crippen molar-refractivity contribution in [1.29, 1.82) is 0 Å². The number of amides is 1. The fourth-order valence-corrected chi connectivity index (χ4v) is 0.972. The van der Waals surface area contributed by atoms with E-state index in [0.717, 1.165) is 0 Å². The van der Waals surface area contributed by atoms with Crippen LogP contribution < -0.4 is 5.32 Å². The van der Waals surface area contributed by atoms with Crippen molar-refractivity contribution in [2.75, 3.05) is 13.7 Å². The lowest BCUT2D eigenvalue weighted by molar-refractivity contribution is -0.153. The highest BCUT2D eigenvalue weighted by atomic mass is 16.6. The third-order valence-corrected chi connectivity index (χ3v) is 2.20. The minimum absolute atomic E-state index is 0.114. The van der Waals surface area contributed by atoms with Crippen LogP contribution in [0.1, 0.15) is 41.5 Å².